The third-order valence-electron chi connectivity index (χ3n) is 3.59. The lowest BCUT2D eigenvalue weighted by Crippen LogP contribution is -2.34. The van der Waals surface area contributed by atoms with Crippen LogP contribution in [0.3, 0.4) is 0 Å². The maximum Gasteiger partial charge on any atom is 0.0342 e. The van der Waals surface area contributed by atoms with E-state index in [9.17, 15) is 0 Å². The predicted octanol–water partition coefficient (Wildman–Crippen LogP) is 2.86. The molecule has 0 radical (unpaired) electrons. The van der Waals surface area contributed by atoms with Crippen LogP contribution in [0.15, 0.2) is 24.3 Å². The summed E-state index contributed by atoms with van der Waals surface area (Å²) in [6, 6.07) is 9.15. The highest BCUT2D eigenvalue weighted by atomic mass is 32.2. The summed E-state index contributed by atoms with van der Waals surface area (Å²) >= 11 is 1.90. The van der Waals surface area contributed by atoms with E-state index in [1.54, 1.807) is 0 Å². The van der Waals surface area contributed by atoms with Gasteiger partial charge in [-0.3, -0.25) is 0 Å². The minimum Gasteiger partial charge on any atom is -0.324 e. The number of hydrogen-bond acceptors (Lipinski definition) is 3. The fourth-order valence-corrected chi connectivity index (χ4v) is 2.54. The highest BCUT2D eigenvalue weighted by Gasteiger charge is 2.29. The van der Waals surface area contributed by atoms with Crippen molar-refractivity contribution in [3.05, 3.63) is 35.4 Å². The summed E-state index contributed by atoms with van der Waals surface area (Å²) in [6.07, 6.45) is 3.18. The van der Waals surface area contributed by atoms with Gasteiger partial charge in [0.25, 0.3) is 0 Å². The number of rotatable bonds is 4. The lowest BCUT2D eigenvalue weighted by molar-refractivity contribution is 0.472. The van der Waals surface area contributed by atoms with Gasteiger partial charge in [-0.15, -0.1) is 0 Å². The van der Waals surface area contributed by atoms with E-state index in [-0.39, 0.29) is 10.8 Å². The zero-order valence-electron chi connectivity index (χ0n) is 10.9. The van der Waals surface area contributed by atoms with Gasteiger partial charge in [0, 0.05) is 23.4 Å². The van der Waals surface area contributed by atoms with Gasteiger partial charge < -0.3 is 11.1 Å². The molecule has 1 aliphatic carbocycles. The van der Waals surface area contributed by atoms with Gasteiger partial charge in [-0.2, -0.15) is 11.8 Å². The van der Waals surface area contributed by atoms with Crippen LogP contribution in [0.2, 0.25) is 0 Å². The first kappa shape index (κ1) is 12.9. The average Bonchev–Trinajstić information content (AvgIpc) is 2.65. The van der Waals surface area contributed by atoms with Crippen molar-refractivity contribution in [3.8, 4) is 0 Å². The van der Waals surface area contributed by atoms with E-state index >= 15 is 0 Å². The molecule has 2 rings (SSSR count). The molecule has 1 aromatic rings. The Labute approximate surface area is 108 Å². The highest BCUT2D eigenvalue weighted by Crippen LogP contribution is 2.37. The molecule has 3 heteroatoms. The molecule has 17 heavy (non-hydrogen) atoms. The molecule has 2 atom stereocenters. The Hall–Kier alpha value is -0.510. The second-order valence-corrected chi connectivity index (χ2v) is 6.88. The van der Waals surface area contributed by atoms with Crippen LogP contribution in [0.4, 0.5) is 0 Å². The summed E-state index contributed by atoms with van der Waals surface area (Å²) in [5, 5.41) is 3.66. The van der Waals surface area contributed by atoms with Crippen molar-refractivity contribution in [2.75, 3.05) is 12.8 Å². The first-order valence-electron chi connectivity index (χ1n) is 6.16. The number of nitrogens with one attached hydrogen (secondary N) is 1. The van der Waals surface area contributed by atoms with Crippen LogP contribution in [0.25, 0.3) is 0 Å². The van der Waals surface area contributed by atoms with Gasteiger partial charge in [-0.1, -0.05) is 24.3 Å². The third kappa shape index (κ3) is 2.84. The average molecular weight is 250 g/mol. The molecular formula is C14H22N2S. The smallest absolute Gasteiger partial charge is 0.0342 e. The van der Waals surface area contributed by atoms with Crippen molar-refractivity contribution < 1.29 is 0 Å². The standard InChI is InChI=1S/C14H22N2S/c1-14(2,17-3)9-16-13-8-12(15)10-6-4-5-7-11(10)13/h4-7,12-13,16H,8-9,15H2,1-3H3. The monoisotopic (exact) mass is 250 g/mol. The summed E-state index contributed by atoms with van der Waals surface area (Å²) < 4.78 is 0.279. The predicted molar refractivity (Wildman–Crippen MR) is 76.3 cm³/mol. The number of thioether (sulfide) groups is 1. The maximum atomic E-state index is 6.16. The molecule has 0 saturated carbocycles. The highest BCUT2D eigenvalue weighted by molar-refractivity contribution is 7.99. The fraction of sp³-hybridized carbons (Fsp3) is 0.571. The van der Waals surface area contributed by atoms with E-state index < -0.39 is 0 Å². The molecule has 0 aliphatic heterocycles. The van der Waals surface area contributed by atoms with Crippen molar-refractivity contribution in [1.82, 2.24) is 5.32 Å². The Kier molecular flexibility index (Phi) is 3.81. The third-order valence-corrected chi connectivity index (χ3v) is 4.84. The van der Waals surface area contributed by atoms with Crippen LogP contribution in [-0.2, 0) is 0 Å². The Morgan fingerprint density at radius 1 is 1.35 bits per heavy atom. The van der Waals surface area contributed by atoms with Gasteiger partial charge in [0.15, 0.2) is 0 Å². The maximum absolute atomic E-state index is 6.16. The number of nitrogens with two attached hydrogens (primary N) is 1. The molecule has 0 aromatic heterocycles. The quantitative estimate of drug-likeness (QED) is 0.863. The molecule has 0 fully saturated rings. The second kappa shape index (κ2) is 5.01. The lowest BCUT2D eigenvalue weighted by atomic mass is 10.1. The minimum atomic E-state index is 0.195. The van der Waals surface area contributed by atoms with Gasteiger partial charge in [0.1, 0.15) is 0 Å². The van der Waals surface area contributed by atoms with Gasteiger partial charge in [0.2, 0.25) is 0 Å². The lowest BCUT2D eigenvalue weighted by Gasteiger charge is -2.25. The number of benzene rings is 1. The van der Waals surface area contributed by atoms with Crippen molar-refractivity contribution in [2.45, 2.75) is 37.1 Å². The Morgan fingerprint density at radius 2 is 2.00 bits per heavy atom. The van der Waals surface area contributed by atoms with Crippen LogP contribution in [0.5, 0.6) is 0 Å². The Morgan fingerprint density at radius 3 is 2.65 bits per heavy atom. The number of fused-ring (bicyclic) bond motifs is 1. The summed E-state index contributed by atoms with van der Waals surface area (Å²) in [6.45, 7) is 5.55. The molecule has 0 spiro atoms. The second-order valence-electron chi connectivity index (χ2n) is 5.37. The zero-order valence-corrected chi connectivity index (χ0v) is 11.7. The molecule has 0 heterocycles. The molecule has 1 aromatic carbocycles. The van der Waals surface area contributed by atoms with E-state index in [0.717, 1.165) is 13.0 Å². The van der Waals surface area contributed by atoms with Gasteiger partial charge in [-0.25, -0.2) is 0 Å². The van der Waals surface area contributed by atoms with Crippen LogP contribution in [-0.4, -0.2) is 17.5 Å². The van der Waals surface area contributed by atoms with E-state index in [1.807, 2.05) is 11.8 Å². The minimum absolute atomic E-state index is 0.195. The Balaban J connectivity index is 2.05. The summed E-state index contributed by atoms with van der Waals surface area (Å²) in [4.78, 5) is 0. The van der Waals surface area contributed by atoms with Crippen LogP contribution in [0, 0.1) is 0 Å². The number of hydrogen-bond donors (Lipinski definition) is 2. The molecular weight excluding hydrogens is 228 g/mol. The zero-order chi connectivity index (χ0) is 12.5. The van der Waals surface area contributed by atoms with Gasteiger partial charge in [0.05, 0.1) is 0 Å². The molecule has 3 N–H and O–H groups in total. The topological polar surface area (TPSA) is 38.0 Å². The SMILES string of the molecule is CSC(C)(C)CNC1CC(N)c2ccccc21. The normalized spacial score (nSPS) is 23.8. The van der Waals surface area contributed by atoms with E-state index in [2.05, 4.69) is 49.7 Å². The first-order chi connectivity index (χ1) is 8.03. The van der Waals surface area contributed by atoms with Crippen LogP contribution >= 0.6 is 11.8 Å². The molecule has 0 bridgehead atoms. The Bertz CT molecular complexity index is 390. The molecule has 0 saturated heterocycles. The summed E-state index contributed by atoms with van der Waals surface area (Å²) in [7, 11) is 0. The summed E-state index contributed by atoms with van der Waals surface area (Å²) in [5.41, 5.74) is 8.86. The largest absolute Gasteiger partial charge is 0.324 e. The van der Waals surface area contributed by atoms with Gasteiger partial charge in [-0.05, 0) is 37.7 Å². The fourth-order valence-electron chi connectivity index (χ4n) is 2.31. The van der Waals surface area contributed by atoms with E-state index in [4.69, 9.17) is 5.73 Å². The van der Waals surface area contributed by atoms with Crippen molar-refractivity contribution in [2.24, 2.45) is 5.73 Å². The summed E-state index contributed by atoms with van der Waals surface area (Å²) in [5.74, 6) is 0. The molecule has 2 unspecified atom stereocenters. The van der Waals surface area contributed by atoms with Gasteiger partial charge >= 0.3 is 0 Å². The van der Waals surface area contributed by atoms with Crippen molar-refractivity contribution in [3.63, 3.8) is 0 Å². The molecule has 1 aliphatic rings. The van der Waals surface area contributed by atoms with Crippen molar-refractivity contribution in [1.29, 1.82) is 0 Å². The van der Waals surface area contributed by atoms with Crippen LogP contribution < -0.4 is 11.1 Å². The van der Waals surface area contributed by atoms with E-state index in [0.29, 0.717) is 6.04 Å². The first-order valence-corrected chi connectivity index (χ1v) is 7.39. The van der Waals surface area contributed by atoms with Crippen molar-refractivity contribution >= 4 is 11.8 Å². The van der Waals surface area contributed by atoms with Crippen LogP contribution in [0.1, 0.15) is 43.5 Å². The molecule has 0 amide bonds. The molecule has 94 valence electrons. The molecule has 2 nitrogen and oxygen atoms in total. The van der Waals surface area contributed by atoms with E-state index in [1.165, 1.54) is 11.1 Å².